The van der Waals surface area contributed by atoms with Gasteiger partial charge in [0.1, 0.15) is 6.67 Å². The Morgan fingerprint density at radius 3 is 2.08 bits per heavy atom. The van der Waals surface area contributed by atoms with E-state index in [-0.39, 0.29) is 11.6 Å². The van der Waals surface area contributed by atoms with E-state index in [9.17, 15) is 4.39 Å². The van der Waals surface area contributed by atoms with Crippen molar-refractivity contribution < 1.29 is 13.9 Å². The first-order valence-electron chi connectivity index (χ1n) is 4.59. The summed E-state index contributed by atoms with van der Waals surface area (Å²) in [6, 6.07) is 0. The molecule has 80 valence electrons. The first-order valence-corrected chi connectivity index (χ1v) is 7.50. The summed E-state index contributed by atoms with van der Waals surface area (Å²) < 4.78 is 17.9. The summed E-state index contributed by atoms with van der Waals surface area (Å²) in [6.45, 7) is 9.52. The van der Waals surface area contributed by atoms with Gasteiger partial charge in [0.15, 0.2) is 8.32 Å². The summed E-state index contributed by atoms with van der Waals surface area (Å²) in [4.78, 5) is 0. The van der Waals surface area contributed by atoms with Crippen molar-refractivity contribution >= 4 is 8.32 Å². The number of halogens is 1. The van der Waals surface area contributed by atoms with Crippen LogP contribution in [0.15, 0.2) is 0 Å². The number of aliphatic hydroxyl groups excluding tert-OH is 1. The lowest BCUT2D eigenvalue weighted by Crippen LogP contribution is -2.45. The van der Waals surface area contributed by atoms with E-state index in [0.29, 0.717) is 0 Å². The highest BCUT2D eigenvalue weighted by atomic mass is 28.4. The maximum Gasteiger partial charge on any atom is 0.192 e. The molecular weight excluding hydrogens is 187 g/mol. The maximum atomic E-state index is 12.3. The zero-order chi connectivity index (χ0) is 10.7. The third-order valence-corrected chi connectivity index (χ3v) is 7.18. The standard InChI is InChI=1S/C9H21FO2Si/c1-9(2,3)13(4,5)12-8(6-10)7-11/h8,11H,6-7H2,1-5H3. The van der Waals surface area contributed by atoms with Gasteiger partial charge in [-0.25, -0.2) is 4.39 Å². The molecule has 0 saturated carbocycles. The quantitative estimate of drug-likeness (QED) is 0.719. The molecule has 1 unspecified atom stereocenters. The zero-order valence-electron chi connectivity index (χ0n) is 9.22. The molecule has 13 heavy (non-hydrogen) atoms. The summed E-state index contributed by atoms with van der Waals surface area (Å²) in [5.41, 5.74) is 0. The van der Waals surface area contributed by atoms with Crippen molar-refractivity contribution in [3.8, 4) is 0 Å². The minimum Gasteiger partial charge on any atom is -0.409 e. The smallest absolute Gasteiger partial charge is 0.192 e. The highest BCUT2D eigenvalue weighted by molar-refractivity contribution is 6.74. The second kappa shape index (κ2) is 4.53. The van der Waals surface area contributed by atoms with Crippen molar-refractivity contribution in [3.05, 3.63) is 0 Å². The lowest BCUT2D eigenvalue weighted by molar-refractivity contribution is 0.0815. The Balaban J connectivity index is 4.31. The molecule has 1 N–H and O–H groups in total. The van der Waals surface area contributed by atoms with E-state index < -0.39 is 21.1 Å². The Hall–Kier alpha value is 0.0669. The summed E-state index contributed by atoms with van der Waals surface area (Å²) in [6.07, 6.45) is -0.638. The molecule has 2 nitrogen and oxygen atoms in total. The van der Waals surface area contributed by atoms with Gasteiger partial charge < -0.3 is 9.53 Å². The highest BCUT2D eigenvalue weighted by Gasteiger charge is 2.38. The first kappa shape index (κ1) is 13.1. The Kier molecular flexibility index (Phi) is 4.55. The minimum atomic E-state index is -1.91. The predicted molar refractivity (Wildman–Crippen MR) is 55.1 cm³/mol. The van der Waals surface area contributed by atoms with Gasteiger partial charge in [-0.2, -0.15) is 0 Å². The minimum absolute atomic E-state index is 0.0651. The molecule has 0 aromatic rings. The normalized spacial score (nSPS) is 15.9. The fraction of sp³-hybridized carbons (Fsp3) is 1.00. The SMILES string of the molecule is CC(C)(C)[Si](C)(C)OC(CO)CF. The molecule has 0 heterocycles. The van der Waals surface area contributed by atoms with Crippen LogP contribution in [-0.2, 0) is 4.43 Å². The number of alkyl halides is 1. The molecule has 0 aliphatic carbocycles. The Morgan fingerprint density at radius 2 is 1.85 bits per heavy atom. The molecule has 4 heteroatoms. The van der Waals surface area contributed by atoms with Crippen LogP contribution in [0.4, 0.5) is 4.39 Å². The molecule has 0 fully saturated rings. The van der Waals surface area contributed by atoms with Crippen LogP contribution < -0.4 is 0 Å². The van der Waals surface area contributed by atoms with Crippen molar-refractivity contribution in [3.63, 3.8) is 0 Å². The molecule has 0 saturated heterocycles. The van der Waals surface area contributed by atoms with Crippen LogP contribution in [0.1, 0.15) is 20.8 Å². The van der Waals surface area contributed by atoms with Gasteiger partial charge in [-0.05, 0) is 18.1 Å². The van der Waals surface area contributed by atoms with Crippen LogP contribution in [0.2, 0.25) is 18.1 Å². The molecule has 0 spiro atoms. The number of rotatable bonds is 4. The fourth-order valence-electron chi connectivity index (χ4n) is 0.711. The highest BCUT2D eigenvalue weighted by Crippen LogP contribution is 2.37. The molecule has 0 aliphatic heterocycles. The van der Waals surface area contributed by atoms with Gasteiger partial charge in [-0.3, -0.25) is 0 Å². The van der Waals surface area contributed by atoms with Gasteiger partial charge in [0.2, 0.25) is 0 Å². The monoisotopic (exact) mass is 208 g/mol. The third-order valence-electron chi connectivity index (χ3n) is 2.64. The van der Waals surface area contributed by atoms with E-state index in [2.05, 4.69) is 20.8 Å². The molecule has 1 atom stereocenters. The number of hydrogen-bond acceptors (Lipinski definition) is 2. The van der Waals surface area contributed by atoms with E-state index in [0.717, 1.165) is 0 Å². The van der Waals surface area contributed by atoms with Crippen molar-refractivity contribution in [1.29, 1.82) is 0 Å². The summed E-state index contributed by atoms with van der Waals surface area (Å²) >= 11 is 0. The second-order valence-electron chi connectivity index (χ2n) is 4.84. The van der Waals surface area contributed by atoms with Crippen LogP contribution >= 0.6 is 0 Å². The molecule has 0 amide bonds. The van der Waals surface area contributed by atoms with E-state index in [4.69, 9.17) is 9.53 Å². The van der Waals surface area contributed by atoms with Gasteiger partial charge in [0.05, 0.1) is 12.7 Å². The lowest BCUT2D eigenvalue weighted by atomic mass is 10.2. The average molecular weight is 208 g/mol. The van der Waals surface area contributed by atoms with Crippen LogP contribution in [0.5, 0.6) is 0 Å². The van der Waals surface area contributed by atoms with E-state index in [1.165, 1.54) is 0 Å². The van der Waals surface area contributed by atoms with Crippen molar-refractivity contribution in [1.82, 2.24) is 0 Å². The Labute approximate surface area is 81.2 Å². The summed E-state index contributed by atoms with van der Waals surface area (Å²) in [5.74, 6) is 0. The number of hydrogen-bond donors (Lipinski definition) is 1. The molecule has 0 aromatic heterocycles. The third kappa shape index (κ3) is 3.75. The van der Waals surface area contributed by atoms with Crippen molar-refractivity contribution in [2.75, 3.05) is 13.3 Å². The van der Waals surface area contributed by atoms with Gasteiger partial charge in [-0.1, -0.05) is 20.8 Å². The topological polar surface area (TPSA) is 29.5 Å². The van der Waals surface area contributed by atoms with Crippen LogP contribution in [0, 0.1) is 0 Å². The molecule has 0 radical (unpaired) electrons. The first-order chi connectivity index (χ1) is 5.74. The van der Waals surface area contributed by atoms with E-state index in [1.54, 1.807) is 0 Å². The van der Waals surface area contributed by atoms with Gasteiger partial charge in [0.25, 0.3) is 0 Å². The second-order valence-corrected chi connectivity index (χ2v) is 9.59. The van der Waals surface area contributed by atoms with Crippen LogP contribution in [0.3, 0.4) is 0 Å². The molecule has 0 aromatic carbocycles. The maximum absolute atomic E-state index is 12.3. The Bertz CT molecular complexity index is 150. The summed E-state index contributed by atoms with van der Waals surface area (Å²) in [5, 5.41) is 8.88. The zero-order valence-corrected chi connectivity index (χ0v) is 10.2. The van der Waals surface area contributed by atoms with Gasteiger partial charge in [-0.15, -0.1) is 0 Å². The predicted octanol–water partition coefficient (Wildman–Crippen LogP) is 2.34. The van der Waals surface area contributed by atoms with Crippen LogP contribution in [-0.4, -0.2) is 32.8 Å². The largest absolute Gasteiger partial charge is 0.409 e. The average Bonchev–Trinajstić information content (AvgIpc) is 1.98. The lowest BCUT2D eigenvalue weighted by Gasteiger charge is -2.38. The summed E-state index contributed by atoms with van der Waals surface area (Å²) in [7, 11) is -1.91. The van der Waals surface area contributed by atoms with Gasteiger partial charge in [0, 0.05) is 0 Å². The van der Waals surface area contributed by atoms with Crippen LogP contribution in [0.25, 0.3) is 0 Å². The van der Waals surface area contributed by atoms with E-state index >= 15 is 0 Å². The van der Waals surface area contributed by atoms with Crippen molar-refractivity contribution in [2.45, 2.75) is 45.0 Å². The van der Waals surface area contributed by atoms with Gasteiger partial charge >= 0.3 is 0 Å². The molecule has 0 aliphatic rings. The molecular formula is C9H21FO2Si. The Morgan fingerprint density at radius 1 is 1.38 bits per heavy atom. The molecule has 0 rings (SSSR count). The number of aliphatic hydroxyl groups is 1. The van der Waals surface area contributed by atoms with Crippen molar-refractivity contribution in [2.24, 2.45) is 0 Å². The van der Waals surface area contributed by atoms with E-state index in [1.807, 2.05) is 13.1 Å². The molecule has 0 bridgehead atoms. The fourth-order valence-corrected chi connectivity index (χ4v) is 2.04.